The first-order chi connectivity index (χ1) is 10.8. The highest BCUT2D eigenvalue weighted by Crippen LogP contribution is 2.32. The van der Waals surface area contributed by atoms with Crippen LogP contribution in [-0.2, 0) is 0 Å². The van der Waals surface area contributed by atoms with Crippen molar-refractivity contribution in [2.75, 3.05) is 18.0 Å². The van der Waals surface area contributed by atoms with E-state index in [9.17, 15) is 0 Å². The first kappa shape index (κ1) is 20.2. The Morgan fingerprint density at radius 1 is 0.682 bits per heavy atom. The van der Waals surface area contributed by atoms with Crippen LogP contribution in [0.5, 0.6) is 0 Å². The monoisotopic (exact) mass is 299 g/mol. The van der Waals surface area contributed by atoms with Crippen LogP contribution in [0.15, 0.2) is 48.5 Å². The third kappa shape index (κ3) is 5.22. The molecule has 2 aromatic rings. The summed E-state index contributed by atoms with van der Waals surface area (Å²) in [6.45, 7) is 16.7. The van der Waals surface area contributed by atoms with Gasteiger partial charge in [-0.2, -0.15) is 0 Å². The average Bonchev–Trinajstić information content (AvgIpc) is 2.61. The molecule has 0 amide bonds. The summed E-state index contributed by atoms with van der Waals surface area (Å²) >= 11 is 0. The van der Waals surface area contributed by atoms with Crippen LogP contribution in [0.1, 0.15) is 47.1 Å². The summed E-state index contributed by atoms with van der Waals surface area (Å²) in [5, 5.41) is 0. The van der Waals surface area contributed by atoms with Gasteiger partial charge in [-0.05, 0) is 38.0 Å². The van der Waals surface area contributed by atoms with Gasteiger partial charge in [-0.1, -0.05) is 70.2 Å². The molecule has 0 aliphatic rings. The fourth-order valence-electron chi connectivity index (χ4n) is 2.42. The molecular weight excluding hydrogens is 266 g/mol. The number of rotatable bonds is 4. The number of aryl methyl sites for hydroxylation is 1. The van der Waals surface area contributed by atoms with Gasteiger partial charge >= 0.3 is 0 Å². The molecule has 0 N–H and O–H groups in total. The van der Waals surface area contributed by atoms with Crippen LogP contribution in [0.3, 0.4) is 0 Å². The highest BCUT2D eigenvalue weighted by molar-refractivity contribution is 5.80. The molecule has 0 unspecified atom stereocenters. The highest BCUT2D eigenvalue weighted by atomic mass is 15.1. The van der Waals surface area contributed by atoms with E-state index in [2.05, 4.69) is 74.2 Å². The average molecular weight is 300 g/mol. The van der Waals surface area contributed by atoms with E-state index in [0.717, 1.165) is 13.1 Å². The summed E-state index contributed by atoms with van der Waals surface area (Å²) < 4.78 is 0. The molecule has 122 valence electrons. The van der Waals surface area contributed by atoms with Crippen LogP contribution in [-0.4, -0.2) is 13.1 Å². The van der Waals surface area contributed by atoms with E-state index >= 15 is 0 Å². The maximum absolute atomic E-state index is 2.40. The van der Waals surface area contributed by atoms with Gasteiger partial charge in [-0.15, -0.1) is 0 Å². The van der Waals surface area contributed by atoms with Crippen molar-refractivity contribution in [2.24, 2.45) is 0 Å². The molecule has 1 nitrogen and oxygen atoms in total. The standard InChI is InChI=1S/C17H21N.2C2H6/c1-4-18(5-2)17-13-9-8-12-16(17)15-11-7-6-10-14(15)3;2*1-2/h6-13H,4-5H2,1-3H3;2*1-2H3. The zero-order chi connectivity index (χ0) is 17.0. The number of benzene rings is 2. The molecule has 2 rings (SSSR count). The number of hydrogen-bond acceptors (Lipinski definition) is 1. The van der Waals surface area contributed by atoms with Crippen molar-refractivity contribution < 1.29 is 0 Å². The van der Waals surface area contributed by atoms with Crippen LogP contribution in [0.25, 0.3) is 11.1 Å². The topological polar surface area (TPSA) is 3.24 Å². The van der Waals surface area contributed by atoms with Gasteiger partial charge in [0, 0.05) is 24.3 Å². The first-order valence-electron chi connectivity index (χ1n) is 8.67. The summed E-state index contributed by atoms with van der Waals surface area (Å²) in [4.78, 5) is 2.40. The van der Waals surface area contributed by atoms with Crippen LogP contribution < -0.4 is 4.90 Å². The Balaban J connectivity index is 0.00000102. The molecule has 0 saturated heterocycles. The summed E-state index contributed by atoms with van der Waals surface area (Å²) in [5.41, 5.74) is 5.33. The second-order valence-electron chi connectivity index (χ2n) is 4.50. The summed E-state index contributed by atoms with van der Waals surface area (Å²) in [7, 11) is 0. The third-order valence-corrected chi connectivity index (χ3v) is 3.44. The van der Waals surface area contributed by atoms with Crippen molar-refractivity contribution in [2.45, 2.75) is 48.5 Å². The lowest BCUT2D eigenvalue weighted by Gasteiger charge is -2.24. The Labute approximate surface area is 138 Å². The molecule has 0 bridgehead atoms. The summed E-state index contributed by atoms with van der Waals surface area (Å²) in [6.07, 6.45) is 0. The van der Waals surface area contributed by atoms with Gasteiger partial charge in [0.15, 0.2) is 0 Å². The predicted molar refractivity (Wildman–Crippen MR) is 103 cm³/mol. The lowest BCUT2D eigenvalue weighted by molar-refractivity contribution is 0.867. The molecule has 22 heavy (non-hydrogen) atoms. The van der Waals surface area contributed by atoms with E-state index in [0.29, 0.717) is 0 Å². The zero-order valence-corrected chi connectivity index (χ0v) is 15.5. The van der Waals surface area contributed by atoms with Gasteiger partial charge in [0.05, 0.1) is 0 Å². The quantitative estimate of drug-likeness (QED) is 0.618. The van der Waals surface area contributed by atoms with E-state index in [1.165, 1.54) is 22.4 Å². The molecule has 1 heteroatoms. The Morgan fingerprint density at radius 2 is 1.14 bits per heavy atom. The lowest BCUT2D eigenvalue weighted by atomic mass is 9.98. The Hall–Kier alpha value is -1.76. The van der Waals surface area contributed by atoms with Gasteiger partial charge < -0.3 is 4.90 Å². The smallest absolute Gasteiger partial charge is 0.0445 e. The summed E-state index contributed by atoms with van der Waals surface area (Å²) in [5.74, 6) is 0. The number of para-hydroxylation sites is 1. The van der Waals surface area contributed by atoms with E-state index in [-0.39, 0.29) is 0 Å². The fraction of sp³-hybridized carbons (Fsp3) is 0.429. The number of nitrogens with zero attached hydrogens (tertiary/aromatic N) is 1. The second kappa shape index (κ2) is 11.9. The minimum absolute atomic E-state index is 1.04. The number of anilines is 1. The molecule has 0 aliphatic heterocycles. The van der Waals surface area contributed by atoms with Gasteiger partial charge in [-0.25, -0.2) is 0 Å². The maximum atomic E-state index is 2.40. The predicted octanol–water partition coefficient (Wildman–Crippen LogP) is 6.56. The van der Waals surface area contributed by atoms with Crippen LogP contribution >= 0.6 is 0 Å². The van der Waals surface area contributed by atoms with Crippen molar-refractivity contribution in [3.05, 3.63) is 54.1 Å². The summed E-state index contributed by atoms with van der Waals surface area (Å²) in [6, 6.07) is 17.3. The molecule has 0 aromatic heterocycles. The Morgan fingerprint density at radius 3 is 1.64 bits per heavy atom. The number of hydrogen-bond donors (Lipinski definition) is 0. The fourth-order valence-corrected chi connectivity index (χ4v) is 2.42. The van der Waals surface area contributed by atoms with Crippen molar-refractivity contribution in [1.82, 2.24) is 0 Å². The van der Waals surface area contributed by atoms with Crippen molar-refractivity contribution >= 4 is 5.69 Å². The van der Waals surface area contributed by atoms with Gasteiger partial charge in [0.1, 0.15) is 0 Å². The Kier molecular flexibility index (Phi) is 10.9. The SMILES string of the molecule is CC.CC.CCN(CC)c1ccccc1-c1ccccc1C. The first-order valence-corrected chi connectivity index (χ1v) is 8.67. The molecule has 0 spiro atoms. The molecule has 0 radical (unpaired) electrons. The molecule has 0 aliphatic carbocycles. The largest absolute Gasteiger partial charge is 0.372 e. The molecule has 0 saturated carbocycles. The van der Waals surface area contributed by atoms with Crippen LogP contribution in [0.2, 0.25) is 0 Å². The maximum Gasteiger partial charge on any atom is 0.0445 e. The van der Waals surface area contributed by atoms with Gasteiger partial charge in [-0.3, -0.25) is 0 Å². The molecule has 0 heterocycles. The second-order valence-corrected chi connectivity index (χ2v) is 4.50. The minimum atomic E-state index is 1.04. The van der Waals surface area contributed by atoms with Crippen molar-refractivity contribution in [3.63, 3.8) is 0 Å². The molecule has 0 fully saturated rings. The lowest BCUT2D eigenvalue weighted by Crippen LogP contribution is -2.22. The minimum Gasteiger partial charge on any atom is -0.372 e. The van der Waals surface area contributed by atoms with Gasteiger partial charge in [0.2, 0.25) is 0 Å². The molecule has 0 atom stereocenters. The van der Waals surface area contributed by atoms with Crippen LogP contribution in [0, 0.1) is 6.92 Å². The normalized spacial score (nSPS) is 9.05. The highest BCUT2D eigenvalue weighted by Gasteiger charge is 2.10. The molecular formula is C21H33N. The van der Waals surface area contributed by atoms with E-state index in [4.69, 9.17) is 0 Å². The third-order valence-electron chi connectivity index (χ3n) is 3.44. The molecule has 2 aromatic carbocycles. The van der Waals surface area contributed by atoms with E-state index in [1.54, 1.807) is 0 Å². The zero-order valence-electron chi connectivity index (χ0n) is 15.5. The van der Waals surface area contributed by atoms with E-state index < -0.39 is 0 Å². The van der Waals surface area contributed by atoms with Gasteiger partial charge in [0.25, 0.3) is 0 Å². The van der Waals surface area contributed by atoms with Crippen LogP contribution in [0.4, 0.5) is 5.69 Å². The van der Waals surface area contributed by atoms with E-state index in [1.807, 2.05) is 27.7 Å². The van der Waals surface area contributed by atoms with Crippen molar-refractivity contribution in [3.8, 4) is 11.1 Å². The Bertz CT molecular complexity index is 513. The van der Waals surface area contributed by atoms with Crippen molar-refractivity contribution in [1.29, 1.82) is 0 Å².